The molecule has 0 fully saturated rings. The van der Waals surface area contributed by atoms with Gasteiger partial charge in [-0.2, -0.15) is 0 Å². The van der Waals surface area contributed by atoms with Gasteiger partial charge >= 0.3 is 5.97 Å². The fourth-order valence-electron chi connectivity index (χ4n) is 2.79. The van der Waals surface area contributed by atoms with E-state index in [1.165, 1.54) is 57.8 Å². The number of hydrogen-bond donors (Lipinski definition) is 3. The van der Waals surface area contributed by atoms with E-state index in [0.29, 0.717) is 6.42 Å². The van der Waals surface area contributed by atoms with E-state index in [1.54, 1.807) is 0 Å². The minimum Gasteiger partial charge on any atom is -0.480 e. The lowest BCUT2D eigenvalue weighted by molar-refractivity contribution is -0.143. The summed E-state index contributed by atoms with van der Waals surface area (Å²) in [5, 5.41) is 11.3. The highest BCUT2D eigenvalue weighted by Crippen LogP contribution is 2.12. The van der Waals surface area contributed by atoms with Crippen LogP contribution in [0.15, 0.2) is 0 Å². The fourth-order valence-corrected chi connectivity index (χ4v) is 2.79. The van der Waals surface area contributed by atoms with Gasteiger partial charge < -0.3 is 16.2 Å². The van der Waals surface area contributed by atoms with Gasteiger partial charge in [0.1, 0.15) is 6.04 Å². The Hall–Kier alpha value is -1.59. The molecular weight excluding hydrogens is 320 g/mol. The van der Waals surface area contributed by atoms with Crippen molar-refractivity contribution in [3.8, 4) is 0 Å². The minimum absolute atomic E-state index is 0.292. The number of unbranched alkanes of at least 4 members (excludes halogenated alkanes) is 11. The summed E-state index contributed by atoms with van der Waals surface area (Å²) in [6.07, 6.45) is 14.5. The number of nitrogens with one attached hydrogen (secondary N) is 1. The molecule has 0 spiro atoms. The van der Waals surface area contributed by atoms with Gasteiger partial charge in [-0.05, 0) is 6.42 Å². The van der Waals surface area contributed by atoms with Crippen LogP contribution < -0.4 is 11.1 Å². The Morgan fingerprint density at radius 1 is 0.840 bits per heavy atom. The number of primary amides is 1. The first-order valence-corrected chi connectivity index (χ1v) is 9.77. The Kier molecular flexibility index (Phi) is 14.9. The summed E-state index contributed by atoms with van der Waals surface area (Å²) in [6, 6.07) is -1.22. The van der Waals surface area contributed by atoms with E-state index >= 15 is 0 Å². The number of carboxylic acid groups (broad SMARTS) is 1. The maximum absolute atomic E-state index is 11.7. The summed E-state index contributed by atoms with van der Waals surface area (Å²) in [4.78, 5) is 33.4. The summed E-state index contributed by atoms with van der Waals surface area (Å²) in [7, 11) is 0. The number of nitrogens with two attached hydrogens (primary N) is 1. The van der Waals surface area contributed by atoms with Crippen molar-refractivity contribution in [2.75, 3.05) is 0 Å². The number of rotatable bonds is 17. The van der Waals surface area contributed by atoms with Crippen molar-refractivity contribution in [1.82, 2.24) is 5.32 Å². The number of carbonyl (C=O) groups is 3. The van der Waals surface area contributed by atoms with E-state index in [1.807, 2.05) is 0 Å². The summed E-state index contributed by atoms with van der Waals surface area (Å²) >= 11 is 0. The largest absolute Gasteiger partial charge is 0.480 e. The van der Waals surface area contributed by atoms with Crippen molar-refractivity contribution >= 4 is 17.8 Å². The molecule has 4 N–H and O–H groups in total. The highest BCUT2D eigenvalue weighted by Gasteiger charge is 2.21. The quantitative estimate of drug-likeness (QED) is 0.346. The average Bonchev–Trinajstić information content (AvgIpc) is 2.54. The predicted molar refractivity (Wildman–Crippen MR) is 99.1 cm³/mol. The first-order valence-electron chi connectivity index (χ1n) is 9.77. The van der Waals surface area contributed by atoms with E-state index in [9.17, 15) is 14.4 Å². The molecule has 0 radical (unpaired) electrons. The van der Waals surface area contributed by atoms with Crippen LogP contribution in [0.2, 0.25) is 0 Å². The third-order valence-corrected chi connectivity index (χ3v) is 4.30. The predicted octanol–water partition coefficient (Wildman–Crippen LogP) is 3.52. The molecule has 0 heterocycles. The van der Waals surface area contributed by atoms with Crippen LogP contribution in [0.5, 0.6) is 0 Å². The smallest absolute Gasteiger partial charge is 0.326 e. The zero-order valence-electron chi connectivity index (χ0n) is 15.7. The van der Waals surface area contributed by atoms with Crippen molar-refractivity contribution in [1.29, 1.82) is 0 Å². The van der Waals surface area contributed by atoms with Gasteiger partial charge in [-0.1, -0.05) is 77.6 Å². The van der Waals surface area contributed by atoms with Gasteiger partial charge in [-0.25, -0.2) is 4.79 Å². The molecule has 6 heteroatoms. The second-order valence-corrected chi connectivity index (χ2v) is 6.77. The van der Waals surface area contributed by atoms with Crippen molar-refractivity contribution in [2.45, 2.75) is 103 Å². The maximum atomic E-state index is 11.7. The first kappa shape index (κ1) is 23.4. The van der Waals surface area contributed by atoms with Gasteiger partial charge in [0.25, 0.3) is 0 Å². The lowest BCUT2D eigenvalue weighted by atomic mass is 10.0. The molecule has 146 valence electrons. The molecule has 6 nitrogen and oxygen atoms in total. The van der Waals surface area contributed by atoms with Crippen molar-refractivity contribution < 1.29 is 19.5 Å². The zero-order chi connectivity index (χ0) is 18.9. The van der Waals surface area contributed by atoms with Crippen LogP contribution in [0.3, 0.4) is 0 Å². The van der Waals surface area contributed by atoms with Crippen LogP contribution in [0.1, 0.15) is 96.8 Å². The minimum atomic E-state index is -1.23. The van der Waals surface area contributed by atoms with Gasteiger partial charge in [0.05, 0.1) is 6.42 Å². The highest BCUT2D eigenvalue weighted by atomic mass is 16.4. The van der Waals surface area contributed by atoms with E-state index in [0.717, 1.165) is 19.3 Å². The van der Waals surface area contributed by atoms with E-state index in [2.05, 4.69) is 12.2 Å². The second kappa shape index (κ2) is 15.9. The summed E-state index contributed by atoms with van der Waals surface area (Å²) < 4.78 is 0. The van der Waals surface area contributed by atoms with Crippen molar-refractivity contribution in [3.05, 3.63) is 0 Å². The number of hydrogen-bond acceptors (Lipinski definition) is 3. The topological polar surface area (TPSA) is 109 Å². The van der Waals surface area contributed by atoms with Crippen LogP contribution >= 0.6 is 0 Å². The Bertz CT molecular complexity index is 386. The molecule has 2 amide bonds. The molecule has 0 aliphatic rings. The molecule has 0 rings (SSSR count). The van der Waals surface area contributed by atoms with Gasteiger partial charge in [0.15, 0.2) is 0 Å². The molecule has 0 saturated carbocycles. The van der Waals surface area contributed by atoms with E-state index in [4.69, 9.17) is 10.8 Å². The van der Waals surface area contributed by atoms with E-state index < -0.39 is 17.9 Å². The van der Waals surface area contributed by atoms with Crippen molar-refractivity contribution in [2.24, 2.45) is 5.73 Å². The normalized spacial score (nSPS) is 11.9. The van der Waals surface area contributed by atoms with Gasteiger partial charge in [0.2, 0.25) is 11.8 Å². The van der Waals surface area contributed by atoms with Crippen LogP contribution in [0.25, 0.3) is 0 Å². The molecule has 0 aliphatic heterocycles. The molecule has 0 aromatic rings. The molecular formula is C19H36N2O4. The first-order chi connectivity index (χ1) is 12.0. The lowest BCUT2D eigenvalue weighted by Crippen LogP contribution is -2.43. The molecule has 0 bridgehead atoms. The number of amides is 2. The van der Waals surface area contributed by atoms with E-state index in [-0.39, 0.29) is 12.3 Å². The molecule has 1 atom stereocenters. The average molecular weight is 357 g/mol. The lowest BCUT2D eigenvalue weighted by Gasteiger charge is -2.12. The molecule has 0 aromatic heterocycles. The Labute approximate surface area is 151 Å². The zero-order valence-corrected chi connectivity index (χ0v) is 15.7. The van der Waals surface area contributed by atoms with Crippen LogP contribution in [-0.2, 0) is 14.4 Å². The standard InChI is InChI=1S/C19H36N2O4/c1-2-3-4-5-6-7-8-9-10-11-12-13-14-18(23)21-16(19(24)25)15-17(20)22/h16H,2-15H2,1H3,(H2,20,22)(H,21,23)(H,24,25). The number of aliphatic carboxylic acids is 1. The number of carbonyl (C=O) groups excluding carboxylic acids is 2. The van der Waals surface area contributed by atoms with Gasteiger partial charge in [-0.3, -0.25) is 9.59 Å². The Morgan fingerprint density at radius 3 is 1.68 bits per heavy atom. The maximum Gasteiger partial charge on any atom is 0.326 e. The molecule has 0 aliphatic carbocycles. The van der Waals surface area contributed by atoms with Crippen molar-refractivity contribution in [3.63, 3.8) is 0 Å². The third kappa shape index (κ3) is 15.7. The van der Waals surface area contributed by atoms with Crippen LogP contribution in [0.4, 0.5) is 0 Å². The van der Waals surface area contributed by atoms with Gasteiger partial charge in [-0.15, -0.1) is 0 Å². The summed E-state index contributed by atoms with van der Waals surface area (Å²) in [5.74, 6) is -2.30. The second-order valence-electron chi connectivity index (χ2n) is 6.77. The third-order valence-electron chi connectivity index (χ3n) is 4.30. The van der Waals surface area contributed by atoms with Crippen LogP contribution in [-0.4, -0.2) is 28.9 Å². The molecule has 0 aromatic carbocycles. The fraction of sp³-hybridized carbons (Fsp3) is 0.842. The summed E-state index contributed by atoms with van der Waals surface area (Å²) in [5.41, 5.74) is 4.97. The highest BCUT2D eigenvalue weighted by molar-refractivity contribution is 5.88. The Morgan fingerprint density at radius 2 is 1.28 bits per heavy atom. The SMILES string of the molecule is CCCCCCCCCCCCCCC(=O)NC(CC(N)=O)C(=O)O. The Balaban J connectivity index is 3.50. The molecule has 1 unspecified atom stereocenters. The summed E-state index contributed by atoms with van der Waals surface area (Å²) in [6.45, 7) is 2.23. The monoisotopic (exact) mass is 356 g/mol. The van der Waals surface area contributed by atoms with Gasteiger partial charge in [0, 0.05) is 6.42 Å². The van der Waals surface area contributed by atoms with Crippen LogP contribution in [0, 0.1) is 0 Å². The number of carboxylic acids is 1. The molecule has 0 saturated heterocycles. The molecule has 25 heavy (non-hydrogen) atoms.